The highest BCUT2D eigenvalue weighted by Gasteiger charge is 2.34. The molecule has 2 aromatic carbocycles. The van der Waals surface area contributed by atoms with Gasteiger partial charge >= 0.3 is 12.1 Å². The Balaban J connectivity index is 1.57. The molecule has 0 saturated carbocycles. The van der Waals surface area contributed by atoms with Crippen LogP contribution in [0.3, 0.4) is 0 Å². The fraction of sp³-hybridized carbons (Fsp3) is 0.208. The van der Waals surface area contributed by atoms with Crippen molar-refractivity contribution in [3.05, 3.63) is 88.2 Å². The summed E-state index contributed by atoms with van der Waals surface area (Å²) in [4.78, 5) is 30.2. The minimum atomic E-state index is -1.19. The van der Waals surface area contributed by atoms with Gasteiger partial charge in [0, 0.05) is 34.9 Å². The largest absolute Gasteiger partial charge is 0.479 e. The molecule has 1 amide bonds. The monoisotopic (exact) mass is 480 g/mol. The molecule has 1 aromatic heterocycles. The lowest BCUT2D eigenvalue weighted by molar-refractivity contribution is -0.143. The number of nitrogens with zero attached hydrogens (tertiary/aromatic N) is 2. The normalized spacial score (nSPS) is 13.2. The van der Waals surface area contributed by atoms with E-state index in [0.717, 1.165) is 22.3 Å². The number of fused-ring (bicyclic) bond motifs is 3. The Kier molecular flexibility index (Phi) is 6.04. The average molecular weight is 481 g/mol. The fourth-order valence-electron chi connectivity index (χ4n) is 4.13. The Bertz CT molecular complexity index is 1090. The molecule has 1 heterocycles. The summed E-state index contributed by atoms with van der Waals surface area (Å²) in [7, 11) is 0. The Hall–Kier alpha value is -3.19. The Morgan fingerprint density at radius 3 is 2.26 bits per heavy atom. The number of benzene rings is 2. The number of hydrogen-bond donors (Lipinski definition) is 1. The molecule has 4 rings (SSSR count). The Labute approximate surface area is 188 Å². The van der Waals surface area contributed by atoms with Gasteiger partial charge in [-0.25, -0.2) is 9.59 Å². The highest BCUT2D eigenvalue weighted by atomic mass is 79.9. The van der Waals surface area contributed by atoms with Gasteiger partial charge in [0.2, 0.25) is 0 Å². The van der Waals surface area contributed by atoms with E-state index in [1.54, 1.807) is 19.2 Å². The van der Waals surface area contributed by atoms with Crippen LogP contribution >= 0.6 is 15.9 Å². The molecule has 0 radical (unpaired) electrons. The second-order valence-electron chi connectivity index (χ2n) is 7.27. The van der Waals surface area contributed by atoms with E-state index in [9.17, 15) is 14.7 Å². The molecule has 31 heavy (non-hydrogen) atoms. The molecule has 0 aliphatic heterocycles. The lowest BCUT2D eigenvalue weighted by Gasteiger charge is -2.28. The highest BCUT2D eigenvalue weighted by molar-refractivity contribution is 9.10. The molecular formula is C24H21BrN2O4. The van der Waals surface area contributed by atoms with E-state index in [1.807, 2.05) is 36.4 Å². The molecule has 0 spiro atoms. The molecular weight excluding hydrogens is 460 g/mol. The van der Waals surface area contributed by atoms with Crippen molar-refractivity contribution in [2.75, 3.05) is 13.2 Å². The van der Waals surface area contributed by atoms with Gasteiger partial charge in [0.25, 0.3) is 0 Å². The van der Waals surface area contributed by atoms with Crippen LogP contribution in [-0.2, 0) is 9.53 Å². The van der Waals surface area contributed by atoms with Crippen molar-refractivity contribution in [2.24, 2.45) is 0 Å². The number of aromatic nitrogens is 1. The van der Waals surface area contributed by atoms with E-state index >= 15 is 0 Å². The predicted molar refractivity (Wildman–Crippen MR) is 120 cm³/mol. The number of ether oxygens (including phenoxy) is 1. The summed E-state index contributed by atoms with van der Waals surface area (Å²) < 4.78 is 6.31. The van der Waals surface area contributed by atoms with E-state index in [2.05, 4.69) is 33.0 Å². The number of carbonyl (C=O) groups excluding carboxylic acids is 1. The Morgan fingerprint density at radius 1 is 1.10 bits per heavy atom. The van der Waals surface area contributed by atoms with Crippen LogP contribution in [0, 0.1) is 0 Å². The summed E-state index contributed by atoms with van der Waals surface area (Å²) in [6.45, 7) is 2.04. The zero-order chi connectivity index (χ0) is 22.0. The van der Waals surface area contributed by atoms with Gasteiger partial charge in [-0.2, -0.15) is 0 Å². The van der Waals surface area contributed by atoms with Gasteiger partial charge in [0.05, 0.1) is 0 Å². The first-order valence-corrected chi connectivity index (χ1v) is 10.8. The molecule has 0 saturated heterocycles. The third-order valence-electron chi connectivity index (χ3n) is 5.50. The molecule has 1 aliphatic rings. The summed E-state index contributed by atoms with van der Waals surface area (Å²) in [6, 6.07) is 16.6. The number of pyridine rings is 1. The van der Waals surface area contributed by atoms with Crippen LogP contribution in [-0.4, -0.2) is 40.2 Å². The van der Waals surface area contributed by atoms with Crippen molar-refractivity contribution in [2.45, 2.75) is 18.9 Å². The summed E-state index contributed by atoms with van der Waals surface area (Å²) in [5.74, 6) is -1.24. The van der Waals surface area contributed by atoms with Crippen molar-refractivity contribution >= 4 is 28.0 Å². The van der Waals surface area contributed by atoms with Gasteiger partial charge in [-0.3, -0.25) is 9.88 Å². The van der Waals surface area contributed by atoms with Crippen LogP contribution < -0.4 is 0 Å². The molecule has 158 valence electrons. The number of amides is 1. The van der Waals surface area contributed by atoms with Crippen LogP contribution in [0.2, 0.25) is 0 Å². The SMILES string of the molecule is CCN(C(=O)OCC1c2ccccc2-c2ccccc21)C(C(=O)O)c1cncc(Br)c1. The predicted octanol–water partition coefficient (Wildman–Crippen LogP) is 5.24. The van der Waals surface area contributed by atoms with Crippen molar-refractivity contribution in [1.82, 2.24) is 9.88 Å². The number of halogens is 1. The van der Waals surface area contributed by atoms with Crippen LogP contribution in [0.4, 0.5) is 4.79 Å². The highest BCUT2D eigenvalue weighted by Crippen LogP contribution is 2.44. The fourth-order valence-corrected chi connectivity index (χ4v) is 4.51. The van der Waals surface area contributed by atoms with Crippen molar-refractivity contribution in [1.29, 1.82) is 0 Å². The number of likely N-dealkylation sites (N-methyl/N-ethyl adjacent to an activating group) is 1. The molecule has 1 atom stereocenters. The van der Waals surface area contributed by atoms with E-state index in [0.29, 0.717) is 10.0 Å². The van der Waals surface area contributed by atoms with Crippen LogP contribution in [0.15, 0.2) is 71.5 Å². The topological polar surface area (TPSA) is 79.7 Å². The molecule has 1 unspecified atom stereocenters. The maximum Gasteiger partial charge on any atom is 0.410 e. The molecule has 1 N–H and O–H groups in total. The molecule has 1 aliphatic carbocycles. The van der Waals surface area contributed by atoms with E-state index < -0.39 is 18.1 Å². The van der Waals surface area contributed by atoms with Crippen molar-refractivity contribution in [3.8, 4) is 11.1 Å². The molecule has 0 bridgehead atoms. The van der Waals surface area contributed by atoms with Crippen molar-refractivity contribution < 1.29 is 19.4 Å². The van der Waals surface area contributed by atoms with Crippen LogP contribution in [0.1, 0.15) is 35.6 Å². The number of rotatable bonds is 6. The van der Waals surface area contributed by atoms with Gasteiger partial charge in [0.1, 0.15) is 6.61 Å². The lowest BCUT2D eigenvalue weighted by Crippen LogP contribution is -2.39. The van der Waals surface area contributed by atoms with Crippen LogP contribution in [0.25, 0.3) is 11.1 Å². The third kappa shape index (κ3) is 4.05. The number of carbonyl (C=O) groups is 2. The minimum absolute atomic E-state index is 0.0918. The van der Waals surface area contributed by atoms with E-state index in [4.69, 9.17) is 4.74 Å². The minimum Gasteiger partial charge on any atom is -0.479 e. The standard InChI is InChI=1S/C24H21BrN2O4/c1-2-27(22(23(28)29)15-11-16(25)13-26-12-15)24(30)31-14-21-19-9-5-3-7-17(19)18-8-4-6-10-20(18)21/h3-13,21-22H,2,14H2,1H3,(H,28,29). The number of carboxylic acids is 1. The summed E-state index contributed by atoms with van der Waals surface area (Å²) in [5, 5.41) is 9.82. The second kappa shape index (κ2) is 8.89. The number of hydrogen-bond acceptors (Lipinski definition) is 4. The lowest BCUT2D eigenvalue weighted by atomic mass is 9.98. The Morgan fingerprint density at radius 2 is 1.71 bits per heavy atom. The summed E-state index contributed by atoms with van der Waals surface area (Å²) in [5.41, 5.74) is 4.87. The first-order chi connectivity index (χ1) is 15.0. The molecule has 0 fully saturated rings. The van der Waals surface area contributed by atoms with Gasteiger partial charge in [0.15, 0.2) is 6.04 Å². The number of aliphatic carboxylic acids is 1. The van der Waals surface area contributed by atoms with Gasteiger partial charge in [-0.1, -0.05) is 48.5 Å². The first kappa shape index (κ1) is 21.1. The molecule has 7 heteroatoms. The maximum absolute atomic E-state index is 13.0. The smallest absolute Gasteiger partial charge is 0.410 e. The summed E-state index contributed by atoms with van der Waals surface area (Å²) in [6.07, 6.45) is 2.34. The average Bonchev–Trinajstić information content (AvgIpc) is 3.09. The zero-order valence-electron chi connectivity index (χ0n) is 16.9. The zero-order valence-corrected chi connectivity index (χ0v) is 18.5. The second-order valence-corrected chi connectivity index (χ2v) is 8.18. The van der Waals surface area contributed by atoms with Gasteiger partial charge in [-0.05, 0) is 51.2 Å². The van der Waals surface area contributed by atoms with Gasteiger partial charge < -0.3 is 9.84 Å². The first-order valence-electron chi connectivity index (χ1n) is 9.96. The molecule has 3 aromatic rings. The molecule has 6 nitrogen and oxygen atoms in total. The van der Waals surface area contributed by atoms with E-state index in [1.165, 1.54) is 11.1 Å². The number of carboxylic acid groups (broad SMARTS) is 1. The maximum atomic E-state index is 13.0. The van der Waals surface area contributed by atoms with Crippen molar-refractivity contribution in [3.63, 3.8) is 0 Å². The van der Waals surface area contributed by atoms with Crippen LogP contribution in [0.5, 0.6) is 0 Å². The third-order valence-corrected chi connectivity index (χ3v) is 5.93. The quantitative estimate of drug-likeness (QED) is 0.521. The van der Waals surface area contributed by atoms with Gasteiger partial charge in [-0.15, -0.1) is 0 Å². The van der Waals surface area contributed by atoms with E-state index in [-0.39, 0.29) is 19.1 Å². The summed E-state index contributed by atoms with van der Waals surface area (Å²) >= 11 is 3.30.